The number of rotatable bonds is 2. The largest absolute Gasteiger partial charge is 0.480 e. The molecule has 0 saturated carbocycles. The van der Waals surface area contributed by atoms with Crippen molar-refractivity contribution < 1.29 is 9.90 Å². The molecule has 0 radical (unpaired) electrons. The number of carbonyl (C=O) groups is 1. The van der Waals surface area contributed by atoms with Gasteiger partial charge in [-0.3, -0.25) is 0 Å². The molecular formula is C3H6ClNO2S. The summed E-state index contributed by atoms with van der Waals surface area (Å²) < 4.78 is 3.07. The van der Waals surface area contributed by atoms with Crippen LogP contribution in [0.3, 0.4) is 0 Å². The van der Waals surface area contributed by atoms with E-state index in [9.17, 15) is 4.79 Å². The van der Waals surface area contributed by atoms with Gasteiger partial charge in [0.25, 0.3) is 0 Å². The molecule has 0 aromatic rings. The van der Waals surface area contributed by atoms with Gasteiger partial charge in [0.2, 0.25) is 0 Å². The minimum atomic E-state index is -0.977. The van der Waals surface area contributed by atoms with Gasteiger partial charge in [0.15, 0.2) is 6.04 Å². The lowest BCUT2D eigenvalue weighted by atomic mass is 10.4. The molecule has 0 bridgehead atoms. The zero-order valence-electron chi connectivity index (χ0n) is 4.20. The molecule has 8 heavy (non-hydrogen) atoms. The van der Waals surface area contributed by atoms with E-state index in [0.717, 1.165) is 0 Å². The molecule has 5 heteroatoms. The fourth-order valence-corrected chi connectivity index (χ4v) is 0.135. The first-order chi connectivity index (χ1) is 3.18. The number of carboxylic acids is 1. The zero-order chi connectivity index (χ0) is 5.86. The summed E-state index contributed by atoms with van der Waals surface area (Å²) in [6, 6.07) is -0.741. The highest BCUT2D eigenvalue weighted by Gasteiger charge is 2.05. The number of halogens is 1. The Morgan fingerprint density at radius 2 is 2.25 bits per heavy atom. The SMILES string of the molecule is C[C@H](N=S)C(=O)O.Cl. The van der Waals surface area contributed by atoms with E-state index < -0.39 is 12.0 Å². The van der Waals surface area contributed by atoms with Crippen molar-refractivity contribution in [3.05, 3.63) is 0 Å². The van der Waals surface area contributed by atoms with Gasteiger partial charge in [0.05, 0.1) is 0 Å². The van der Waals surface area contributed by atoms with Gasteiger partial charge in [0.1, 0.15) is 0 Å². The molecule has 0 aliphatic heterocycles. The Balaban J connectivity index is 0. The van der Waals surface area contributed by atoms with Gasteiger partial charge in [0, 0.05) is 12.4 Å². The van der Waals surface area contributed by atoms with E-state index in [1.165, 1.54) is 6.92 Å². The first-order valence-corrected chi connectivity index (χ1v) is 2.10. The van der Waals surface area contributed by atoms with E-state index in [1.807, 2.05) is 0 Å². The van der Waals surface area contributed by atoms with Gasteiger partial charge in [-0.25, -0.2) is 9.16 Å². The van der Waals surface area contributed by atoms with Crippen molar-refractivity contribution in [2.45, 2.75) is 13.0 Å². The monoisotopic (exact) mass is 155 g/mol. The van der Waals surface area contributed by atoms with Crippen molar-refractivity contribution >= 4 is 30.8 Å². The highest BCUT2D eigenvalue weighted by Crippen LogP contribution is 1.84. The third-order valence-electron chi connectivity index (χ3n) is 0.516. The Kier molecular flexibility index (Phi) is 6.59. The molecule has 3 nitrogen and oxygen atoms in total. The molecule has 0 spiro atoms. The molecule has 0 aromatic heterocycles. The lowest BCUT2D eigenvalue weighted by molar-refractivity contribution is -0.137. The van der Waals surface area contributed by atoms with Crippen LogP contribution >= 0.6 is 12.4 Å². The normalized spacial score (nSPS) is 11.1. The quantitative estimate of drug-likeness (QED) is 0.636. The zero-order valence-corrected chi connectivity index (χ0v) is 5.83. The van der Waals surface area contributed by atoms with Crippen molar-refractivity contribution in [2.24, 2.45) is 4.36 Å². The van der Waals surface area contributed by atoms with Crippen molar-refractivity contribution in [1.82, 2.24) is 0 Å². The lowest BCUT2D eigenvalue weighted by Crippen LogP contribution is -2.11. The Labute approximate surface area is 58.7 Å². The van der Waals surface area contributed by atoms with Gasteiger partial charge in [-0.2, -0.15) is 0 Å². The van der Waals surface area contributed by atoms with Crippen LogP contribution < -0.4 is 0 Å². The average Bonchev–Trinajstić information content (AvgIpc) is 1.65. The maximum absolute atomic E-state index is 9.77. The number of aliphatic carboxylic acids is 1. The Bertz CT molecular complexity index is 97.3. The fourth-order valence-electron chi connectivity index (χ4n) is 0.0451. The molecule has 0 amide bonds. The van der Waals surface area contributed by atoms with Crippen LogP contribution in [0.4, 0.5) is 0 Å². The van der Waals surface area contributed by atoms with Crippen molar-refractivity contribution in [2.75, 3.05) is 0 Å². The number of hydrogen-bond donors (Lipinski definition) is 1. The summed E-state index contributed by atoms with van der Waals surface area (Å²) in [5, 5.41) is 8.02. The standard InChI is InChI=1S/C3H5NO2S.ClH/c1-2(4-7)3(5)6;/h2H,1H3,(H,5,6);1H/t2-;/m0./s1. The highest BCUT2D eigenvalue weighted by atomic mass is 35.5. The third-order valence-corrected chi connectivity index (χ3v) is 0.832. The van der Waals surface area contributed by atoms with Crippen LogP contribution in [0.2, 0.25) is 0 Å². The van der Waals surface area contributed by atoms with Crippen LogP contribution in [0.1, 0.15) is 6.92 Å². The minimum absolute atomic E-state index is 0. The molecule has 0 rings (SSSR count). The van der Waals surface area contributed by atoms with E-state index in [2.05, 4.69) is 16.8 Å². The summed E-state index contributed by atoms with van der Waals surface area (Å²) in [6.45, 7) is 1.43. The van der Waals surface area contributed by atoms with E-state index in [-0.39, 0.29) is 12.4 Å². The summed E-state index contributed by atoms with van der Waals surface area (Å²) in [5.41, 5.74) is 0. The van der Waals surface area contributed by atoms with Gasteiger partial charge in [-0.1, -0.05) is 0 Å². The maximum Gasteiger partial charge on any atom is 0.329 e. The summed E-state index contributed by atoms with van der Waals surface area (Å²) in [7, 11) is 0. The lowest BCUT2D eigenvalue weighted by Gasteiger charge is -1.90. The molecule has 0 aromatic carbocycles. The minimum Gasteiger partial charge on any atom is -0.480 e. The summed E-state index contributed by atoms with van der Waals surface area (Å²) in [5.74, 6) is -0.977. The van der Waals surface area contributed by atoms with Crippen LogP contribution in [0.25, 0.3) is 0 Å². The first kappa shape index (κ1) is 10.7. The number of carboxylic acid groups (broad SMARTS) is 1. The summed E-state index contributed by atoms with van der Waals surface area (Å²) in [4.78, 5) is 9.77. The molecule has 48 valence electrons. The highest BCUT2D eigenvalue weighted by molar-refractivity contribution is 7.47. The third kappa shape index (κ3) is 3.95. The predicted molar refractivity (Wildman–Crippen MR) is 34.1 cm³/mol. The van der Waals surface area contributed by atoms with Crippen LogP contribution in [0, 0.1) is 0 Å². The molecule has 0 fully saturated rings. The Morgan fingerprint density at radius 3 is 2.25 bits per heavy atom. The van der Waals surface area contributed by atoms with Crippen LogP contribution in [0.5, 0.6) is 0 Å². The average molecular weight is 156 g/mol. The van der Waals surface area contributed by atoms with Crippen LogP contribution in [0.15, 0.2) is 4.36 Å². The first-order valence-electron chi connectivity index (χ1n) is 1.73. The van der Waals surface area contributed by atoms with E-state index in [1.54, 1.807) is 0 Å². The smallest absolute Gasteiger partial charge is 0.329 e. The molecule has 0 aliphatic rings. The summed E-state index contributed by atoms with van der Waals surface area (Å²) >= 11 is 4.10. The van der Waals surface area contributed by atoms with Crippen LogP contribution in [-0.4, -0.2) is 17.1 Å². The molecule has 0 unspecified atom stereocenters. The van der Waals surface area contributed by atoms with Crippen molar-refractivity contribution in [3.8, 4) is 0 Å². The molecule has 1 atom stereocenters. The molecule has 0 aliphatic carbocycles. The maximum atomic E-state index is 9.77. The van der Waals surface area contributed by atoms with Gasteiger partial charge in [-0.05, 0) is 6.92 Å². The van der Waals surface area contributed by atoms with Gasteiger partial charge in [-0.15, -0.1) is 12.4 Å². The van der Waals surface area contributed by atoms with E-state index in [4.69, 9.17) is 5.11 Å². The fraction of sp³-hybridized carbons (Fsp3) is 0.667. The van der Waals surface area contributed by atoms with Gasteiger partial charge >= 0.3 is 5.97 Å². The van der Waals surface area contributed by atoms with E-state index >= 15 is 0 Å². The second-order valence-corrected chi connectivity index (χ2v) is 1.33. The van der Waals surface area contributed by atoms with E-state index in [0.29, 0.717) is 0 Å². The number of hydrogen-bond acceptors (Lipinski definition) is 3. The van der Waals surface area contributed by atoms with Crippen molar-refractivity contribution in [3.63, 3.8) is 0 Å². The van der Waals surface area contributed by atoms with Crippen molar-refractivity contribution in [1.29, 1.82) is 0 Å². The van der Waals surface area contributed by atoms with Crippen LogP contribution in [-0.2, 0) is 17.2 Å². The second kappa shape index (κ2) is 4.93. The Morgan fingerprint density at radius 1 is 1.88 bits per heavy atom. The predicted octanol–water partition coefficient (Wildman–Crippen LogP) is 0.612. The molecule has 0 heterocycles. The molecule has 0 saturated heterocycles. The molecular weight excluding hydrogens is 150 g/mol. The second-order valence-electron chi connectivity index (χ2n) is 1.12. The Hall–Kier alpha value is -0.220. The number of nitrogens with zero attached hydrogens (tertiary/aromatic N) is 1. The van der Waals surface area contributed by atoms with Gasteiger partial charge < -0.3 is 5.11 Å². The topological polar surface area (TPSA) is 49.7 Å². The molecule has 1 N–H and O–H groups in total. The summed E-state index contributed by atoms with van der Waals surface area (Å²) in [6.07, 6.45) is 0.